The lowest BCUT2D eigenvalue weighted by molar-refractivity contribution is 0.266. The van der Waals surface area contributed by atoms with E-state index in [4.69, 9.17) is 16.7 Å². The molecule has 0 aliphatic rings. The van der Waals surface area contributed by atoms with Crippen LogP contribution in [0.3, 0.4) is 0 Å². The maximum absolute atomic E-state index is 13.1. The van der Waals surface area contributed by atoms with E-state index in [1.807, 2.05) is 0 Å². The van der Waals surface area contributed by atoms with Crippen LogP contribution >= 0.6 is 11.6 Å². The summed E-state index contributed by atoms with van der Waals surface area (Å²) in [6, 6.07) is 3.49. The van der Waals surface area contributed by atoms with Crippen LogP contribution in [0.25, 0.3) is 0 Å². The fourth-order valence-corrected chi connectivity index (χ4v) is 1.90. The molecule has 2 rings (SSSR count). The van der Waals surface area contributed by atoms with E-state index in [2.05, 4.69) is 10.4 Å². The topological polar surface area (TPSA) is 67.2 Å². The summed E-state index contributed by atoms with van der Waals surface area (Å²) < 4.78 is 26.9. The Balaban J connectivity index is 2.15. The van der Waals surface area contributed by atoms with E-state index in [0.717, 1.165) is 16.8 Å². The molecule has 1 aromatic carbocycles. The number of rotatable bonds is 5. The second-order valence-electron chi connectivity index (χ2n) is 4.23. The Morgan fingerprint density at radius 1 is 1.33 bits per heavy atom. The molecule has 0 aliphatic carbocycles. The molecule has 1 aromatic heterocycles. The van der Waals surface area contributed by atoms with Gasteiger partial charge in [0, 0.05) is 6.54 Å². The fraction of sp³-hybridized carbons (Fsp3) is 0.231. The number of hydrogen-bond acceptors (Lipinski definition) is 4. The summed E-state index contributed by atoms with van der Waals surface area (Å²) in [7, 11) is 0. The molecule has 8 heteroatoms. The van der Waals surface area contributed by atoms with Crippen molar-refractivity contribution in [2.45, 2.75) is 13.1 Å². The third-order valence-corrected chi connectivity index (χ3v) is 3.13. The zero-order valence-electron chi connectivity index (χ0n) is 10.8. The van der Waals surface area contributed by atoms with Gasteiger partial charge in [0.1, 0.15) is 5.02 Å². The van der Waals surface area contributed by atoms with E-state index >= 15 is 0 Å². The minimum absolute atomic E-state index is 0.0437. The maximum Gasteiger partial charge on any atom is 0.287 e. The van der Waals surface area contributed by atoms with E-state index in [0.29, 0.717) is 5.56 Å². The van der Waals surface area contributed by atoms with Gasteiger partial charge in [-0.15, -0.1) is 0 Å². The van der Waals surface area contributed by atoms with Gasteiger partial charge in [0.15, 0.2) is 11.6 Å². The van der Waals surface area contributed by atoms with Crippen molar-refractivity contribution in [2.75, 3.05) is 11.9 Å². The van der Waals surface area contributed by atoms with Crippen LogP contribution in [0.1, 0.15) is 5.56 Å². The number of halogens is 3. The average molecular weight is 316 g/mol. The van der Waals surface area contributed by atoms with Crippen LogP contribution in [0.2, 0.25) is 5.02 Å². The summed E-state index contributed by atoms with van der Waals surface area (Å²) in [4.78, 5) is 11.8. The lowest BCUT2D eigenvalue weighted by atomic mass is 10.2. The molecule has 1 heterocycles. The van der Waals surface area contributed by atoms with Crippen molar-refractivity contribution in [3.05, 3.63) is 57.0 Å². The maximum atomic E-state index is 13.1. The molecule has 0 saturated heterocycles. The Hall–Kier alpha value is -1.99. The number of aliphatic hydroxyl groups is 1. The number of anilines is 1. The molecule has 0 fully saturated rings. The van der Waals surface area contributed by atoms with Crippen LogP contribution in [0.4, 0.5) is 14.5 Å². The Labute approximate surface area is 123 Å². The van der Waals surface area contributed by atoms with Gasteiger partial charge >= 0.3 is 0 Å². The summed E-state index contributed by atoms with van der Waals surface area (Å²) in [6.45, 7) is -0.0328. The minimum atomic E-state index is -0.947. The Morgan fingerprint density at radius 3 is 2.76 bits per heavy atom. The van der Waals surface area contributed by atoms with E-state index in [-0.39, 0.29) is 30.4 Å². The molecule has 0 spiro atoms. The normalized spacial score (nSPS) is 10.7. The second-order valence-corrected chi connectivity index (χ2v) is 4.60. The number of aromatic nitrogens is 2. The van der Waals surface area contributed by atoms with Crippen LogP contribution in [0, 0.1) is 11.6 Å². The number of hydrogen-bond donors (Lipinski definition) is 2. The molecule has 0 aliphatic heterocycles. The lowest BCUT2D eigenvalue weighted by Gasteiger charge is -2.10. The minimum Gasteiger partial charge on any atom is -0.394 e. The van der Waals surface area contributed by atoms with Gasteiger partial charge in [-0.3, -0.25) is 4.79 Å². The van der Waals surface area contributed by atoms with Crippen molar-refractivity contribution in [2.24, 2.45) is 0 Å². The predicted octanol–water partition coefficient (Wildman–Crippen LogP) is 1.78. The smallest absolute Gasteiger partial charge is 0.287 e. The molecule has 21 heavy (non-hydrogen) atoms. The van der Waals surface area contributed by atoms with Crippen molar-refractivity contribution in [3.8, 4) is 0 Å². The molecule has 0 bridgehead atoms. The summed E-state index contributed by atoms with van der Waals surface area (Å²) in [5, 5.41) is 15.4. The van der Waals surface area contributed by atoms with Crippen molar-refractivity contribution in [1.29, 1.82) is 0 Å². The van der Waals surface area contributed by atoms with E-state index in [1.165, 1.54) is 12.3 Å². The molecule has 0 unspecified atom stereocenters. The monoisotopic (exact) mass is 315 g/mol. The summed E-state index contributed by atoms with van der Waals surface area (Å²) >= 11 is 5.91. The first-order valence-corrected chi connectivity index (χ1v) is 6.45. The predicted molar refractivity (Wildman–Crippen MR) is 74.3 cm³/mol. The van der Waals surface area contributed by atoms with Crippen LogP contribution in [-0.4, -0.2) is 21.5 Å². The quantitative estimate of drug-likeness (QED) is 0.882. The molecule has 0 radical (unpaired) electrons. The molecule has 2 aromatic rings. The second kappa shape index (κ2) is 6.64. The highest BCUT2D eigenvalue weighted by Gasteiger charge is 2.09. The summed E-state index contributed by atoms with van der Waals surface area (Å²) in [6.07, 6.45) is 1.33. The van der Waals surface area contributed by atoms with Gasteiger partial charge in [0.2, 0.25) is 0 Å². The Kier molecular flexibility index (Phi) is 4.87. The van der Waals surface area contributed by atoms with Gasteiger partial charge in [-0.2, -0.15) is 5.10 Å². The molecule has 112 valence electrons. The SMILES string of the molecule is O=c1c(Cl)c(NCc2ccc(F)c(F)c2)cnn1CCO. The van der Waals surface area contributed by atoms with Gasteiger partial charge < -0.3 is 10.4 Å². The highest BCUT2D eigenvalue weighted by Crippen LogP contribution is 2.17. The number of nitrogens with one attached hydrogen (secondary N) is 1. The first-order chi connectivity index (χ1) is 10.0. The zero-order valence-corrected chi connectivity index (χ0v) is 11.6. The summed E-state index contributed by atoms with van der Waals surface area (Å²) in [5.41, 5.74) is 0.228. The Bertz CT molecular complexity index is 706. The Morgan fingerprint density at radius 2 is 2.10 bits per heavy atom. The van der Waals surface area contributed by atoms with Crippen LogP contribution in [-0.2, 0) is 13.1 Å². The van der Waals surface area contributed by atoms with Crippen LogP contribution < -0.4 is 10.9 Å². The van der Waals surface area contributed by atoms with Crippen LogP contribution in [0.5, 0.6) is 0 Å². The van der Waals surface area contributed by atoms with Gasteiger partial charge in [0.25, 0.3) is 5.56 Å². The number of aliphatic hydroxyl groups excluding tert-OH is 1. The average Bonchev–Trinajstić information content (AvgIpc) is 2.47. The number of nitrogens with zero attached hydrogens (tertiary/aromatic N) is 2. The van der Waals surface area contributed by atoms with Crippen molar-refractivity contribution >= 4 is 17.3 Å². The van der Waals surface area contributed by atoms with Gasteiger partial charge in [-0.1, -0.05) is 17.7 Å². The third-order valence-electron chi connectivity index (χ3n) is 2.76. The molecule has 2 N–H and O–H groups in total. The molecular formula is C13H12ClF2N3O2. The first-order valence-electron chi connectivity index (χ1n) is 6.07. The number of benzene rings is 1. The molecular weight excluding hydrogens is 304 g/mol. The van der Waals surface area contributed by atoms with Crippen molar-refractivity contribution in [3.63, 3.8) is 0 Å². The van der Waals surface area contributed by atoms with Crippen molar-refractivity contribution < 1.29 is 13.9 Å². The van der Waals surface area contributed by atoms with Crippen LogP contribution in [0.15, 0.2) is 29.2 Å². The standard InChI is InChI=1S/C13H12ClF2N3O2/c14-12-11(7-18-19(3-4-20)13(12)21)17-6-8-1-2-9(15)10(16)5-8/h1-2,5,7,17,20H,3-4,6H2. The molecule has 0 saturated carbocycles. The molecule has 5 nitrogen and oxygen atoms in total. The molecule has 0 amide bonds. The first kappa shape index (κ1) is 15.4. The van der Waals surface area contributed by atoms with Crippen molar-refractivity contribution in [1.82, 2.24) is 9.78 Å². The van der Waals surface area contributed by atoms with Gasteiger partial charge in [0.05, 0.1) is 25.0 Å². The van der Waals surface area contributed by atoms with E-state index in [9.17, 15) is 13.6 Å². The van der Waals surface area contributed by atoms with E-state index < -0.39 is 17.2 Å². The van der Waals surface area contributed by atoms with Gasteiger partial charge in [-0.05, 0) is 17.7 Å². The summed E-state index contributed by atoms with van der Waals surface area (Å²) in [5.74, 6) is -1.87. The molecule has 0 atom stereocenters. The van der Waals surface area contributed by atoms with Gasteiger partial charge in [-0.25, -0.2) is 13.5 Å². The highest BCUT2D eigenvalue weighted by atomic mass is 35.5. The lowest BCUT2D eigenvalue weighted by Crippen LogP contribution is -2.25. The fourth-order valence-electron chi connectivity index (χ4n) is 1.69. The highest BCUT2D eigenvalue weighted by molar-refractivity contribution is 6.32. The van der Waals surface area contributed by atoms with E-state index in [1.54, 1.807) is 0 Å². The largest absolute Gasteiger partial charge is 0.394 e. The third kappa shape index (κ3) is 3.56. The zero-order chi connectivity index (χ0) is 15.4.